The average Bonchev–Trinajstić information content (AvgIpc) is 2.14. The molecule has 17 heavy (non-hydrogen) atoms. The quantitative estimate of drug-likeness (QED) is 0.756. The van der Waals surface area contributed by atoms with Crippen LogP contribution in [0.1, 0.15) is 12.8 Å². The summed E-state index contributed by atoms with van der Waals surface area (Å²) in [5, 5.41) is 8.89. The van der Waals surface area contributed by atoms with Crippen molar-refractivity contribution in [2.45, 2.75) is 30.8 Å². The summed E-state index contributed by atoms with van der Waals surface area (Å²) in [5.74, 6) is 0. The summed E-state index contributed by atoms with van der Waals surface area (Å²) in [5.41, 5.74) is -2.81. The SMILES string of the molecule is CS(=O)(=O)N1CCC(F)(C(O)C(F)(F)F)CC1. The third-order valence-electron chi connectivity index (χ3n) is 2.82. The van der Waals surface area contributed by atoms with Crippen molar-refractivity contribution in [2.75, 3.05) is 19.3 Å². The van der Waals surface area contributed by atoms with E-state index in [2.05, 4.69) is 0 Å². The van der Waals surface area contributed by atoms with E-state index in [1.807, 2.05) is 0 Å². The van der Waals surface area contributed by atoms with Gasteiger partial charge in [-0.15, -0.1) is 0 Å². The Labute approximate surface area is 96.3 Å². The smallest absolute Gasteiger partial charge is 0.381 e. The van der Waals surface area contributed by atoms with Crippen LogP contribution in [0, 0.1) is 0 Å². The number of piperidine rings is 1. The summed E-state index contributed by atoms with van der Waals surface area (Å²) < 4.78 is 73.5. The van der Waals surface area contributed by atoms with Gasteiger partial charge in [0.25, 0.3) is 0 Å². The molecule has 0 aliphatic carbocycles. The third kappa shape index (κ3) is 3.29. The zero-order chi connectivity index (χ0) is 13.5. The summed E-state index contributed by atoms with van der Waals surface area (Å²) in [7, 11) is -3.53. The molecule has 9 heteroatoms. The molecule has 0 saturated carbocycles. The fourth-order valence-corrected chi connectivity index (χ4v) is 2.60. The zero-order valence-electron chi connectivity index (χ0n) is 9.04. The molecule has 0 bridgehead atoms. The molecule has 1 N–H and O–H groups in total. The predicted molar refractivity (Wildman–Crippen MR) is 51.6 cm³/mol. The minimum atomic E-state index is -5.04. The second-order valence-corrected chi connectivity index (χ2v) is 6.12. The van der Waals surface area contributed by atoms with Crippen molar-refractivity contribution in [3.63, 3.8) is 0 Å². The number of hydrogen-bond acceptors (Lipinski definition) is 3. The van der Waals surface area contributed by atoms with E-state index in [4.69, 9.17) is 5.11 Å². The van der Waals surface area contributed by atoms with E-state index in [0.29, 0.717) is 0 Å². The second-order valence-electron chi connectivity index (χ2n) is 4.14. The van der Waals surface area contributed by atoms with Gasteiger partial charge in [-0.1, -0.05) is 0 Å². The van der Waals surface area contributed by atoms with Gasteiger partial charge in [-0.2, -0.15) is 13.2 Å². The van der Waals surface area contributed by atoms with Gasteiger partial charge in [0.15, 0.2) is 6.10 Å². The van der Waals surface area contributed by atoms with Gasteiger partial charge in [0.2, 0.25) is 10.0 Å². The zero-order valence-corrected chi connectivity index (χ0v) is 9.85. The Kier molecular flexibility index (Phi) is 3.76. The molecule has 1 rings (SSSR count). The van der Waals surface area contributed by atoms with E-state index in [1.54, 1.807) is 0 Å². The van der Waals surface area contributed by atoms with Crippen LogP contribution in [-0.4, -0.2) is 55.1 Å². The lowest BCUT2D eigenvalue weighted by Crippen LogP contribution is -2.54. The molecule has 4 nitrogen and oxygen atoms in total. The maximum atomic E-state index is 13.8. The number of halogens is 4. The number of aliphatic hydroxyl groups is 1. The number of alkyl halides is 4. The molecular weight excluding hydrogens is 266 g/mol. The highest BCUT2D eigenvalue weighted by molar-refractivity contribution is 7.88. The third-order valence-corrected chi connectivity index (χ3v) is 4.13. The highest BCUT2D eigenvalue weighted by atomic mass is 32.2. The Morgan fingerprint density at radius 1 is 1.29 bits per heavy atom. The molecule has 1 aliphatic heterocycles. The number of sulfonamides is 1. The average molecular weight is 279 g/mol. The lowest BCUT2D eigenvalue weighted by Gasteiger charge is -2.38. The molecule has 1 heterocycles. The van der Waals surface area contributed by atoms with E-state index in [-0.39, 0.29) is 13.1 Å². The first kappa shape index (κ1) is 14.7. The van der Waals surface area contributed by atoms with Gasteiger partial charge in [0.1, 0.15) is 5.67 Å². The van der Waals surface area contributed by atoms with Crippen molar-refractivity contribution < 1.29 is 31.1 Å². The van der Waals surface area contributed by atoms with Gasteiger partial charge in [0.05, 0.1) is 6.26 Å². The molecule has 0 aromatic heterocycles. The molecule has 1 aliphatic rings. The van der Waals surface area contributed by atoms with Gasteiger partial charge in [0, 0.05) is 13.1 Å². The Morgan fingerprint density at radius 2 is 1.71 bits per heavy atom. The Hall–Kier alpha value is -0.410. The molecular formula is C8H13F4NO3S. The van der Waals surface area contributed by atoms with E-state index >= 15 is 0 Å². The van der Waals surface area contributed by atoms with E-state index in [1.165, 1.54) is 0 Å². The summed E-state index contributed by atoms with van der Waals surface area (Å²) in [4.78, 5) is 0. The van der Waals surface area contributed by atoms with Crippen molar-refractivity contribution in [2.24, 2.45) is 0 Å². The van der Waals surface area contributed by atoms with Crippen molar-refractivity contribution >= 4 is 10.0 Å². The monoisotopic (exact) mass is 279 g/mol. The van der Waals surface area contributed by atoms with Gasteiger partial charge < -0.3 is 5.11 Å². The summed E-state index contributed by atoms with van der Waals surface area (Å²) in [6.07, 6.45) is -8.54. The molecule has 0 aromatic rings. The first-order valence-electron chi connectivity index (χ1n) is 4.86. The first-order chi connectivity index (χ1) is 7.47. The van der Waals surface area contributed by atoms with E-state index in [0.717, 1.165) is 10.6 Å². The highest BCUT2D eigenvalue weighted by Crippen LogP contribution is 2.38. The van der Waals surface area contributed by atoms with Crippen molar-refractivity contribution in [3.8, 4) is 0 Å². The summed E-state index contributed by atoms with van der Waals surface area (Å²) >= 11 is 0. The number of nitrogens with zero attached hydrogens (tertiary/aromatic N) is 1. The maximum absolute atomic E-state index is 13.8. The predicted octanol–water partition coefficient (Wildman–Crippen LogP) is 0.673. The van der Waals surface area contributed by atoms with Crippen LogP contribution in [0.5, 0.6) is 0 Å². The molecule has 1 unspecified atom stereocenters. The standard InChI is InChI=1S/C8H13F4NO3S/c1-17(15,16)13-4-2-7(9,3-5-13)6(14)8(10,11)12/h6,14H,2-5H2,1H3. The molecule has 0 radical (unpaired) electrons. The van der Waals surface area contributed by atoms with Crippen LogP contribution in [0.15, 0.2) is 0 Å². The molecule has 0 aromatic carbocycles. The van der Waals surface area contributed by atoms with Crippen molar-refractivity contribution in [3.05, 3.63) is 0 Å². The Balaban J connectivity index is 2.74. The van der Waals surface area contributed by atoms with Gasteiger partial charge >= 0.3 is 6.18 Å². The fourth-order valence-electron chi connectivity index (χ4n) is 1.76. The van der Waals surface area contributed by atoms with Crippen LogP contribution in [-0.2, 0) is 10.0 Å². The fraction of sp³-hybridized carbons (Fsp3) is 1.00. The van der Waals surface area contributed by atoms with Crippen LogP contribution in [0.3, 0.4) is 0 Å². The number of hydrogen-bond donors (Lipinski definition) is 1. The van der Waals surface area contributed by atoms with Gasteiger partial charge in [-0.05, 0) is 12.8 Å². The molecule has 0 spiro atoms. The first-order valence-corrected chi connectivity index (χ1v) is 6.70. The van der Waals surface area contributed by atoms with E-state index < -0.39 is 40.8 Å². The minimum absolute atomic E-state index is 0.359. The maximum Gasteiger partial charge on any atom is 0.417 e. The van der Waals surface area contributed by atoms with Crippen molar-refractivity contribution in [1.82, 2.24) is 4.31 Å². The number of aliphatic hydroxyl groups excluding tert-OH is 1. The molecule has 102 valence electrons. The topological polar surface area (TPSA) is 57.6 Å². The highest BCUT2D eigenvalue weighted by Gasteiger charge is 2.55. The van der Waals surface area contributed by atoms with Crippen LogP contribution < -0.4 is 0 Å². The van der Waals surface area contributed by atoms with Crippen LogP contribution in [0.25, 0.3) is 0 Å². The van der Waals surface area contributed by atoms with Crippen LogP contribution in [0.4, 0.5) is 17.6 Å². The molecule has 0 amide bonds. The summed E-state index contributed by atoms with van der Waals surface area (Å²) in [6.45, 7) is -0.717. The lowest BCUT2D eigenvalue weighted by atomic mass is 9.88. The van der Waals surface area contributed by atoms with Crippen LogP contribution >= 0.6 is 0 Å². The van der Waals surface area contributed by atoms with Crippen LogP contribution in [0.2, 0.25) is 0 Å². The normalized spacial score (nSPS) is 24.6. The molecule has 1 atom stereocenters. The Bertz CT molecular complexity index is 373. The van der Waals surface area contributed by atoms with Gasteiger partial charge in [-0.25, -0.2) is 17.1 Å². The minimum Gasteiger partial charge on any atom is -0.381 e. The van der Waals surface area contributed by atoms with Crippen molar-refractivity contribution in [1.29, 1.82) is 0 Å². The summed E-state index contributed by atoms with van der Waals surface area (Å²) in [6, 6.07) is 0. The lowest BCUT2D eigenvalue weighted by molar-refractivity contribution is -0.246. The number of rotatable bonds is 2. The molecule has 1 saturated heterocycles. The largest absolute Gasteiger partial charge is 0.417 e. The Morgan fingerprint density at radius 3 is 2.00 bits per heavy atom. The van der Waals surface area contributed by atoms with E-state index in [9.17, 15) is 26.0 Å². The second kappa shape index (κ2) is 4.36. The molecule has 1 fully saturated rings. The van der Waals surface area contributed by atoms with Gasteiger partial charge in [-0.3, -0.25) is 0 Å².